The quantitative estimate of drug-likeness (QED) is 0.0225. The molecule has 0 unspecified atom stereocenters. The van der Waals surface area contributed by atoms with Crippen LogP contribution in [0.25, 0.3) is 0 Å². The Hall–Kier alpha value is -6.68. The monoisotopic (exact) mass is 2060 g/mol. The van der Waals surface area contributed by atoms with Crippen molar-refractivity contribution in [3.05, 3.63) is 0 Å². The van der Waals surface area contributed by atoms with Gasteiger partial charge in [0.25, 0.3) is 0 Å². The van der Waals surface area contributed by atoms with Crippen molar-refractivity contribution in [2.75, 3.05) is 183 Å². The largest absolute Gasteiger partial charge is 0.354 e. The lowest BCUT2D eigenvalue weighted by molar-refractivity contribution is -0.0135. The van der Waals surface area contributed by atoms with E-state index in [4.69, 9.17) is 59.8 Å². The van der Waals surface area contributed by atoms with E-state index in [0.29, 0.717) is 99.7 Å². The predicted octanol–water partition coefficient (Wildman–Crippen LogP) is 21.0. The smallest absolute Gasteiger partial charge is 0.232 e. The third-order valence-electron chi connectivity index (χ3n) is 39.0. The van der Waals surface area contributed by atoms with Crippen molar-refractivity contribution in [3.63, 3.8) is 0 Å². The Balaban J connectivity index is 1.02. The van der Waals surface area contributed by atoms with Gasteiger partial charge in [-0.05, 0) is 419 Å². The molecule has 0 bridgehead atoms. The minimum atomic E-state index is -0.117. The van der Waals surface area contributed by atoms with Gasteiger partial charge in [0, 0.05) is 202 Å². The zero-order valence-electron chi connectivity index (χ0n) is 103. The highest BCUT2D eigenvalue weighted by Crippen LogP contribution is 2.50. The van der Waals surface area contributed by atoms with Crippen molar-refractivity contribution in [1.29, 1.82) is 0 Å². The zero-order chi connectivity index (χ0) is 110. The first-order valence-electron chi connectivity index (χ1n) is 58.3. The minimum Gasteiger partial charge on any atom is -0.354 e. The molecule has 4 aromatic heterocycles. The first kappa shape index (κ1) is 120. The normalized spacial score (nSPS) is 24.5. The molecule has 842 valence electrons. The summed E-state index contributed by atoms with van der Waals surface area (Å²) in [6.07, 6.45) is 24.7. The number of nitrogens with one attached hydrogen (secondary N) is 6. The average molecular weight is 2060 g/mol. The summed E-state index contributed by atoms with van der Waals surface area (Å²) in [4.78, 5) is 104. The van der Waals surface area contributed by atoms with Gasteiger partial charge < -0.3 is 61.3 Å². The zero-order valence-corrected chi connectivity index (χ0v) is 103. The molecule has 32 heteroatoms. The molecule has 32 nitrogen and oxygen atoms in total. The molecule has 8 saturated heterocycles. The van der Waals surface area contributed by atoms with Crippen molar-refractivity contribution in [3.8, 4) is 0 Å². The Morgan fingerprint density at radius 1 is 0.196 bits per heavy atom. The van der Waals surface area contributed by atoms with Gasteiger partial charge in [-0.25, -0.2) is 0 Å². The summed E-state index contributed by atoms with van der Waals surface area (Å²) in [5.74, 6) is 7.71. The van der Waals surface area contributed by atoms with Crippen LogP contribution in [0.5, 0.6) is 0 Å². The molecule has 0 saturated carbocycles. The van der Waals surface area contributed by atoms with Crippen LogP contribution in [0, 0.1) is 0 Å². The first-order valence-corrected chi connectivity index (χ1v) is 58.3. The van der Waals surface area contributed by atoms with E-state index in [1.165, 1.54) is 0 Å². The third kappa shape index (κ3) is 28.0. The van der Waals surface area contributed by atoms with E-state index in [2.05, 4.69) is 406 Å². The lowest BCUT2D eigenvalue weighted by atomic mass is 9.77. The molecule has 12 heterocycles. The molecule has 0 radical (unpaired) electrons. The highest BCUT2D eigenvalue weighted by molar-refractivity contribution is 5.52. The van der Waals surface area contributed by atoms with Crippen LogP contribution >= 0.6 is 0 Å². The van der Waals surface area contributed by atoms with Gasteiger partial charge in [0.1, 0.15) is 0 Å². The Morgan fingerprint density at radius 3 is 0.527 bits per heavy atom. The fourth-order valence-corrected chi connectivity index (χ4v) is 28.3. The number of unbranched alkanes of at least 4 members (excludes halogenated alkanes) is 4. The van der Waals surface area contributed by atoms with Gasteiger partial charge in [-0.15, -0.1) is 0 Å². The summed E-state index contributed by atoms with van der Waals surface area (Å²) in [5, 5.41) is 24.3. The molecule has 8 aliphatic heterocycles. The van der Waals surface area contributed by atoms with E-state index in [9.17, 15) is 0 Å². The molecule has 8 fully saturated rings. The predicted molar refractivity (Wildman–Crippen MR) is 625 cm³/mol. The molecular weight excluding hydrogens is 1840 g/mol. The van der Waals surface area contributed by atoms with Crippen LogP contribution < -0.4 is 61.3 Å². The number of nitrogens with zero attached hydrogens (tertiary/aromatic N) is 26. The maximum atomic E-state index is 5.81. The van der Waals surface area contributed by atoms with E-state index >= 15 is 0 Å². The molecular formula is C116H218N32. The molecule has 0 atom stereocenters. The van der Waals surface area contributed by atoms with Crippen molar-refractivity contribution >= 4 is 71.4 Å². The molecule has 0 spiro atoms. The van der Waals surface area contributed by atoms with Gasteiger partial charge >= 0.3 is 0 Å². The molecule has 12 rings (SSSR count). The molecule has 6 N–H and O–H groups in total. The summed E-state index contributed by atoms with van der Waals surface area (Å²) in [5.41, 5.74) is -1.50. The summed E-state index contributed by atoms with van der Waals surface area (Å²) >= 11 is 0. The second kappa shape index (κ2) is 45.3. The standard InChI is InChI=1S/C116H218N32/c1-45-49-59-145(85-73-109(21,22)139(41)110(23,24)74-85)97-125-89(126-98(133-97)146(60-50-46-2)86-75-111(25,26)140(42)112(27,28)76-86)117-55-53-57-143(95-129-91(119-81-65-101(5,6)135(37)102(7,8)66-81)123-92(130-95)120-82-67-103(9,10)136(38)104(11,12)68-82)63-64-144(96-131-93(121-83-69-105(13,14)137(39)106(15,16)70-83)124-94(132-96)122-84-71-107(17,18)138(40)108(19,20)72-84)58-54-56-118-90-127-99(147(61-51-47-3)87-77-113(29,30)141(43)114(31,32)78-87)134-100(128-90)148(62-52-48-4)88-79-115(33,34)142(44)116(35,36)80-88/h81-88H,45-80H2,1-44H3,(H,117,125,126,133)(H,118,127,128,134)(H2,119,120,123,129,130)(H2,121,122,124,131,132). The number of hydrogen-bond donors (Lipinski definition) is 6. The first-order chi connectivity index (χ1) is 68.2. The average Bonchev–Trinajstić information content (AvgIpc) is 0.760. The van der Waals surface area contributed by atoms with Gasteiger partial charge in [-0.2, -0.15) is 59.8 Å². The molecule has 0 aliphatic carbocycles. The van der Waals surface area contributed by atoms with Crippen molar-refractivity contribution in [2.45, 2.75) is 553 Å². The molecule has 0 amide bonds. The van der Waals surface area contributed by atoms with Crippen LogP contribution in [-0.2, 0) is 0 Å². The number of likely N-dealkylation sites (tertiary alicyclic amines) is 8. The van der Waals surface area contributed by atoms with Crippen LogP contribution in [0.3, 0.4) is 0 Å². The number of hydrogen-bond acceptors (Lipinski definition) is 32. The number of piperidine rings is 8. The van der Waals surface area contributed by atoms with Crippen LogP contribution in [0.1, 0.15) is 416 Å². The van der Waals surface area contributed by atoms with Crippen LogP contribution in [0.2, 0.25) is 0 Å². The maximum Gasteiger partial charge on any atom is 0.232 e. The summed E-state index contributed by atoms with van der Waals surface area (Å²) in [6.45, 7) is 92.6. The molecule has 0 aromatic carbocycles. The van der Waals surface area contributed by atoms with Crippen LogP contribution in [0.15, 0.2) is 0 Å². The van der Waals surface area contributed by atoms with Gasteiger partial charge in [0.15, 0.2) is 0 Å². The summed E-state index contributed by atoms with van der Waals surface area (Å²) < 4.78 is 0. The van der Waals surface area contributed by atoms with E-state index in [1.54, 1.807) is 0 Å². The highest BCUT2D eigenvalue weighted by atomic mass is 15.5. The summed E-state index contributed by atoms with van der Waals surface area (Å²) in [7, 11) is 18.4. The molecule has 4 aromatic rings. The Kier molecular flexibility index (Phi) is 36.7. The lowest BCUT2D eigenvalue weighted by Crippen LogP contribution is -2.63. The number of aromatic nitrogens is 12. The highest BCUT2D eigenvalue weighted by Gasteiger charge is 2.54. The van der Waals surface area contributed by atoms with Gasteiger partial charge in [-0.3, -0.25) is 39.2 Å². The third-order valence-corrected chi connectivity index (χ3v) is 39.0. The number of anilines is 12. The molecule has 148 heavy (non-hydrogen) atoms. The van der Waals surface area contributed by atoms with E-state index < -0.39 is 0 Å². The second-order valence-electron chi connectivity index (χ2n) is 57.5. The van der Waals surface area contributed by atoms with E-state index in [-0.39, 0.29) is 137 Å². The van der Waals surface area contributed by atoms with Crippen LogP contribution in [-0.4, -0.2) is 358 Å². The fourth-order valence-electron chi connectivity index (χ4n) is 28.3. The molecule has 8 aliphatic rings. The fraction of sp³-hybridized carbons (Fsp3) is 0.897. The van der Waals surface area contributed by atoms with Crippen molar-refractivity contribution in [1.82, 2.24) is 99.0 Å². The van der Waals surface area contributed by atoms with Crippen LogP contribution in [0.4, 0.5) is 71.4 Å². The van der Waals surface area contributed by atoms with Gasteiger partial charge in [0.2, 0.25) is 71.4 Å². The Bertz CT molecular complexity index is 4260. The SMILES string of the molecule is CCCCN(c1nc(NCCCN(CCN(CCCNc2nc(N(CCCC)C3CC(C)(C)N(C)C(C)(C)C3)nc(N(CCCC)C3CC(C)(C)N(C)C(C)(C)C3)n2)c2nc(NC3CC(C)(C)N(C)C(C)(C)C3)nc(NC3CC(C)(C)N(C)C(C)(C)C3)n2)c2nc(NC3CC(C)(C)N(C)C(C)(C)C3)nc(NC3CC(C)(C)N(C)C(C)(C)C3)n2)nc(N(CCCC)C2CC(C)(C)N(C)C(C)(C)C2)n1)C1CC(C)(C)N(C)C(C)(C)C1. The minimum absolute atomic E-state index is 0.0644. The second-order valence-corrected chi connectivity index (χ2v) is 57.5. The van der Waals surface area contributed by atoms with Gasteiger partial charge in [0.05, 0.1) is 0 Å². The maximum absolute atomic E-state index is 5.81. The lowest BCUT2D eigenvalue weighted by Gasteiger charge is -2.56. The van der Waals surface area contributed by atoms with E-state index in [1.807, 2.05) is 0 Å². The summed E-state index contributed by atoms with van der Waals surface area (Å²) in [6, 6.07) is 1.04. The topological polar surface area (TPSA) is 272 Å². The van der Waals surface area contributed by atoms with Crippen molar-refractivity contribution in [2.24, 2.45) is 0 Å². The Labute approximate surface area is 901 Å². The number of rotatable bonds is 43. The Morgan fingerprint density at radius 2 is 0.358 bits per heavy atom. The van der Waals surface area contributed by atoms with Crippen molar-refractivity contribution < 1.29 is 0 Å². The van der Waals surface area contributed by atoms with Gasteiger partial charge in [-0.1, -0.05) is 53.4 Å². The van der Waals surface area contributed by atoms with E-state index in [0.717, 1.165) is 204 Å².